The lowest BCUT2D eigenvalue weighted by Gasteiger charge is -2.25. The second kappa shape index (κ2) is 11.1. The normalized spacial score (nSPS) is 13.0. The Hall–Kier alpha value is -3.69. The molecule has 1 aromatic heterocycles. The lowest BCUT2D eigenvalue weighted by atomic mass is 10.1. The molecule has 0 bridgehead atoms. The number of hydrogen-bond donors (Lipinski definition) is 4. The fraction of sp³-hybridized carbons (Fsp3) is 0.182. The van der Waals surface area contributed by atoms with Crippen molar-refractivity contribution in [3.63, 3.8) is 0 Å². The van der Waals surface area contributed by atoms with Gasteiger partial charge in [-0.1, -0.05) is 35.9 Å². The lowest BCUT2D eigenvalue weighted by molar-refractivity contribution is 0.0698. The predicted molar refractivity (Wildman–Crippen MR) is 123 cm³/mol. The van der Waals surface area contributed by atoms with Crippen LogP contribution in [0.4, 0.5) is 16.4 Å². The standard InChI is InChI=1S/C17H12ClN3O2.C5H11N3O/c18-12-7-5-11(6-8-12)14-9-10-19-17(20-14)21-15-4-2-1-3-13(15)16(22)23;6-5(9)8-3-1-7-2-4-8/h1-10H,(H,22,23)(H,19,20,21);7H,1-4H2,(H2,6,9). The molecule has 0 saturated carbocycles. The maximum Gasteiger partial charge on any atom is 0.337 e. The van der Waals surface area contributed by atoms with Gasteiger partial charge >= 0.3 is 12.0 Å². The zero-order valence-corrected chi connectivity index (χ0v) is 17.9. The van der Waals surface area contributed by atoms with Gasteiger partial charge < -0.3 is 26.4 Å². The summed E-state index contributed by atoms with van der Waals surface area (Å²) in [6.45, 7) is 3.22. The monoisotopic (exact) mass is 454 g/mol. The number of nitrogens with two attached hydrogens (primary N) is 1. The number of carboxylic acid groups (broad SMARTS) is 1. The molecule has 2 amide bonds. The Bertz CT molecular complexity index is 1070. The van der Waals surface area contributed by atoms with Crippen LogP contribution in [0.5, 0.6) is 0 Å². The zero-order valence-electron chi connectivity index (χ0n) is 17.2. The van der Waals surface area contributed by atoms with E-state index in [1.54, 1.807) is 47.5 Å². The highest BCUT2D eigenvalue weighted by atomic mass is 35.5. The van der Waals surface area contributed by atoms with E-state index in [2.05, 4.69) is 20.6 Å². The second-order valence-corrected chi connectivity index (χ2v) is 7.26. The molecule has 0 aliphatic carbocycles. The molecule has 10 heteroatoms. The van der Waals surface area contributed by atoms with Gasteiger partial charge in [0.1, 0.15) is 0 Å². The third kappa shape index (κ3) is 6.40. The Morgan fingerprint density at radius 3 is 2.38 bits per heavy atom. The first kappa shape index (κ1) is 23.0. The summed E-state index contributed by atoms with van der Waals surface area (Å²) < 4.78 is 0. The quantitative estimate of drug-likeness (QED) is 0.475. The number of carboxylic acids is 1. The van der Waals surface area contributed by atoms with Gasteiger partial charge in [0.25, 0.3) is 0 Å². The van der Waals surface area contributed by atoms with Crippen molar-refractivity contribution < 1.29 is 14.7 Å². The van der Waals surface area contributed by atoms with E-state index in [4.69, 9.17) is 17.3 Å². The lowest BCUT2D eigenvalue weighted by Crippen LogP contribution is -2.48. The van der Waals surface area contributed by atoms with Crippen LogP contribution in [0.2, 0.25) is 5.02 Å². The third-order valence-corrected chi connectivity index (χ3v) is 4.88. The number of aromatic nitrogens is 2. The van der Waals surface area contributed by atoms with E-state index in [0.717, 1.165) is 31.7 Å². The number of urea groups is 1. The van der Waals surface area contributed by atoms with Gasteiger partial charge in [0.2, 0.25) is 5.95 Å². The Balaban J connectivity index is 0.000000269. The first-order valence-corrected chi connectivity index (χ1v) is 10.3. The fourth-order valence-corrected chi connectivity index (χ4v) is 3.11. The third-order valence-electron chi connectivity index (χ3n) is 4.63. The minimum atomic E-state index is -1.01. The number of piperazine rings is 1. The molecule has 3 aromatic rings. The number of amides is 2. The SMILES string of the molecule is NC(=O)N1CCNCC1.O=C(O)c1ccccc1Nc1nccc(-c2ccc(Cl)cc2)n1. The summed E-state index contributed by atoms with van der Waals surface area (Å²) in [4.78, 5) is 31.9. The highest BCUT2D eigenvalue weighted by molar-refractivity contribution is 6.30. The Labute approximate surface area is 190 Å². The highest BCUT2D eigenvalue weighted by Crippen LogP contribution is 2.22. The molecule has 2 heterocycles. The number of para-hydroxylation sites is 1. The fourth-order valence-electron chi connectivity index (χ4n) is 2.98. The first-order chi connectivity index (χ1) is 15.4. The van der Waals surface area contributed by atoms with Gasteiger partial charge in [-0.25, -0.2) is 19.6 Å². The second-order valence-electron chi connectivity index (χ2n) is 6.82. The van der Waals surface area contributed by atoms with Gasteiger partial charge in [-0.05, 0) is 30.3 Å². The van der Waals surface area contributed by atoms with Crippen molar-refractivity contribution in [2.75, 3.05) is 31.5 Å². The number of anilines is 2. The average molecular weight is 455 g/mol. The van der Waals surface area contributed by atoms with Crippen molar-refractivity contribution in [3.8, 4) is 11.3 Å². The minimum absolute atomic E-state index is 0.160. The minimum Gasteiger partial charge on any atom is -0.478 e. The van der Waals surface area contributed by atoms with Gasteiger partial charge in [0.15, 0.2) is 0 Å². The molecule has 0 unspecified atom stereocenters. The molecule has 0 spiro atoms. The topological polar surface area (TPSA) is 133 Å². The number of nitrogens with one attached hydrogen (secondary N) is 2. The average Bonchev–Trinajstić information content (AvgIpc) is 2.81. The van der Waals surface area contributed by atoms with Crippen LogP contribution in [-0.4, -0.2) is 58.2 Å². The number of benzene rings is 2. The van der Waals surface area contributed by atoms with Crippen molar-refractivity contribution in [2.45, 2.75) is 0 Å². The summed E-state index contributed by atoms with van der Waals surface area (Å²) >= 11 is 5.88. The first-order valence-electron chi connectivity index (χ1n) is 9.87. The van der Waals surface area contributed by atoms with Gasteiger partial charge in [-0.3, -0.25) is 0 Å². The molecular weight excluding hydrogens is 432 g/mol. The summed E-state index contributed by atoms with van der Waals surface area (Å²) in [6.07, 6.45) is 1.61. The summed E-state index contributed by atoms with van der Waals surface area (Å²) in [5, 5.41) is 15.9. The van der Waals surface area contributed by atoms with E-state index in [9.17, 15) is 14.7 Å². The van der Waals surface area contributed by atoms with E-state index in [1.165, 1.54) is 6.07 Å². The van der Waals surface area contributed by atoms with Gasteiger partial charge in [0, 0.05) is 43.0 Å². The molecular formula is C22H23ClN6O3. The molecule has 9 nitrogen and oxygen atoms in total. The van der Waals surface area contributed by atoms with Crippen LogP contribution in [0.3, 0.4) is 0 Å². The number of primary amides is 1. The number of nitrogens with zero attached hydrogens (tertiary/aromatic N) is 3. The Morgan fingerprint density at radius 2 is 1.75 bits per heavy atom. The molecule has 4 rings (SSSR count). The number of aromatic carboxylic acids is 1. The maximum absolute atomic E-state index is 11.2. The summed E-state index contributed by atoms with van der Waals surface area (Å²) in [6, 6.07) is 15.4. The highest BCUT2D eigenvalue weighted by Gasteiger charge is 2.12. The van der Waals surface area contributed by atoms with E-state index in [-0.39, 0.29) is 11.6 Å². The molecule has 0 radical (unpaired) electrons. The predicted octanol–water partition coefficient (Wildman–Crippen LogP) is 3.21. The van der Waals surface area contributed by atoms with Crippen LogP contribution < -0.4 is 16.4 Å². The number of hydrogen-bond acceptors (Lipinski definition) is 6. The number of rotatable bonds is 4. The number of carbonyl (C=O) groups excluding carboxylic acids is 1. The Morgan fingerprint density at radius 1 is 1.06 bits per heavy atom. The van der Waals surface area contributed by atoms with Gasteiger partial charge in [-0.15, -0.1) is 0 Å². The molecule has 1 aliphatic rings. The van der Waals surface area contributed by atoms with E-state index in [0.29, 0.717) is 22.4 Å². The Kier molecular flexibility index (Phi) is 7.96. The van der Waals surface area contributed by atoms with Gasteiger partial charge in [-0.2, -0.15) is 0 Å². The van der Waals surface area contributed by atoms with E-state index in [1.807, 2.05) is 12.1 Å². The molecule has 5 N–H and O–H groups in total. The van der Waals surface area contributed by atoms with Crippen LogP contribution in [0.25, 0.3) is 11.3 Å². The van der Waals surface area contributed by atoms with Crippen molar-refractivity contribution in [2.24, 2.45) is 5.73 Å². The number of halogens is 1. The molecule has 1 fully saturated rings. The van der Waals surface area contributed by atoms with Crippen LogP contribution in [-0.2, 0) is 0 Å². The van der Waals surface area contributed by atoms with E-state index >= 15 is 0 Å². The molecule has 2 aromatic carbocycles. The molecule has 0 atom stereocenters. The van der Waals surface area contributed by atoms with Crippen molar-refractivity contribution >= 4 is 35.2 Å². The number of carbonyl (C=O) groups is 2. The molecule has 166 valence electrons. The summed E-state index contributed by atoms with van der Waals surface area (Å²) in [5.41, 5.74) is 7.23. The summed E-state index contributed by atoms with van der Waals surface area (Å²) in [7, 11) is 0. The van der Waals surface area contributed by atoms with Crippen molar-refractivity contribution in [3.05, 3.63) is 71.4 Å². The molecule has 1 saturated heterocycles. The largest absolute Gasteiger partial charge is 0.478 e. The molecule has 1 aliphatic heterocycles. The maximum atomic E-state index is 11.2. The van der Waals surface area contributed by atoms with E-state index < -0.39 is 5.97 Å². The smallest absolute Gasteiger partial charge is 0.337 e. The van der Waals surface area contributed by atoms with Crippen LogP contribution in [0.1, 0.15) is 10.4 Å². The van der Waals surface area contributed by atoms with Crippen molar-refractivity contribution in [1.82, 2.24) is 20.2 Å². The van der Waals surface area contributed by atoms with Gasteiger partial charge in [0.05, 0.1) is 16.9 Å². The molecule has 32 heavy (non-hydrogen) atoms. The van der Waals surface area contributed by atoms with Crippen LogP contribution >= 0.6 is 11.6 Å². The summed E-state index contributed by atoms with van der Waals surface area (Å²) in [5.74, 6) is -0.687. The zero-order chi connectivity index (χ0) is 22.9. The van der Waals surface area contributed by atoms with Crippen molar-refractivity contribution in [1.29, 1.82) is 0 Å². The van der Waals surface area contributed by atoms with Crippen LogP contribution in [0.15, 0.2) is 60.8 Å². The van der Waals surface area contributed by atoms with Crippen LogP contribution in [0, 0.1) is 0 Å².